The topological polar surface area (TPSA) is 95.9 Å². The number of esters is 1. The molecule has 7 nitrogen and oxygen atoms in total. The standard InChI is InChI=1S/C13H26N2O5S/c1-4-20-13(17)11-5-7-15(8-6-11)21(18,19)14-9-12(16)10(2)3/h10-12,14,16H,4-9H2,1-3H3. The number of aliphatic hydroxyl groups is 1. The highest BCUT2D eigenvalue weighted by Crippen LogP contribution is 2.20. The molecule has 1 fully saturated rings. The van der Waals surface area contributed by atoms with Crippen molar-refractivity contribution in [3.05, 3.63) is 0 Å². The Kier molecular flexibility index (Phi) is 7.05. The number of nitrogens with one attached hydrogen (secondary N) is 1. The van der Waals surface area contributed by atoms with E-state index < -0.39 is 16.3 Å². The number of rotatable bonds is 7. The summed E-state index contributed by atoms with van der Waals surface area (Å²) in [7, 11) is -3.60. The van der Waals surface area contributed by atoms with Crippen LogP contribution in [-0.4, -0.2) is 56.1 Å². The van der Waals surface area contributed by atoms with Gasteiger partial charge in [-0.3, -0.25) is 4.79 Å². The second-order valence-corrected chi connectivity index (χ2v) is 7.35. The van der Waals surface area contributed by atoms with Crippen molar-refractivity contribution in [1.82, 2.24) is 9.03 Å². The maximum absolute atomic E-state index is 12.1. The summed E-state index contributed by atoms with van der Waals surface area (Å²) in [6.45, 7) is 6.31. The molecule has 8 heteroatoms. The van der Waals surface area contributed by atoms with Crippen LogP contribution in [0.2, 0.25) is 0 Å². The lowest BCUT2D eigenvalue weighted by Gasteiger charge is -2.30. The normalized spacial score (nSPS) is 19.7. The van der Waals surface area contributed by atoms with Crippen LogP contribution in [0.3, 0.4) is 0 Å². The first-order valence-electron chi connectivity index (χ1n) is 7.37. The van der Waals surface area contributed by atoms with Crippen LogP contribution in [0, 0.1) is 11.8 Å². The largest absolute Gasteiger partial charge is 0.466 e. The zero-order valence-corrected chi connectivity index (χ0v) is 13.7. The molecule has 1 aliphatic heterocycles. The van der Waals surface area contributed by atoms with Crippen LogP contribution in [0.5, 0.6) is 0 Å². The molecule has 1 unspecified atom stereocenters. The van der Waals surface area contributed by atoms with Gasteiger partial charge in [-0.05, 0) is 25.7 Å². The molecule has 124 valence electrons. The van der Waals surface area contributed by atoms with Crippen molar-refractivity contribution >= 4 is 16.2 Å². The number of ether oxygens (including phenoxy) is 1. The molecule has 0 spiro atoms. The van der Waals surface area contributed by atoms with E-state index in [1.54, 1.807) is 6.92 Å². The van der Waals surface area contributed by atoms with Crippen LogP contribution in [0.25, 0.3) is 0 Å². The first kappa shape index (κ1) is 18.3. The van der Waals surface area contributed by atoms with Gasteiger partial charge in [-0.1, -0.05) is 13.8 Å². The average Bonchev–Trinajstić information content (AvgIpc) is 2.45. The van der Waals surface area contributed by atoms with E-state index in [0.29, 0.717) is 19.4 Å². The van der Waals surface area contributed by atoms with Gasteiger partial charge in [0, 0.05) is 19.6 Å². The van der Waals surface area contributed by atoms with Gasteiger partial charge in [0.2, 0.25) is 0 Å². The summed E-state index contributed by atoms with van der Waals surface area (Å²) in [6.07, 6.45) is 0.218. The summed E-state index contributed by atoms with van der Waals surface area (Å²) < 4.78 is 32.9. The Bertz CT molecular complexity index is 430. The number of carbonyl (C=O) groups excluding carboxylic acids is 1. The number of piperidine rings is 1. The summed E-state index contributed by atoms with van der Waals surface area (Å²) in [5.74, 6) is -0.488. The lowest BCUT2D eigenvalue weighted by Crippen LogP contribution is -2.48. The van der Waals surface area contributed by atoms with Crippen molar-refractivity contribution in [1.29, 1.82) is 0 Å². The van der Waals surface area contributed by atoms with Crippen molar-refractivity contribution in [3.63, 3.8) is 0 Å². The highest BCUT2D eigenvalue weighted by atomic mass is 32.2. The monoisotopic (exact) mass is 322 g/mol. The van der Waals surface area contributed by atoms with E-state index in [1.165, 1.54) is 4.31 Å². The van der Waals surface area contributed by atoms with E-state index in [-0.39, 0.29) is 37.4 Å². The molecule has 0 amide bonds. The fourth-order valence-electron chi connectivity index (χ4n) is 2.11. The maximum atomic E-state index is 12.1. The molecule has 21 heavy (non-hydrogen) atoms. The molecule has 0 aromatic carbocycles. The Labute approximate surface area is 126 Å². The summed E-state index contributed by atoms with van der Waals surface area (Å²) in [5, 5.41) is 9.66. The van der Waals surface area contributed by atoms with E-state index in [4.69, 9.17) is 4.74 Å². The molecule has 1 saturated heterocycles. The third-order valence-corrected chi connectivity index (χ3v) is 5.23. The Morgan fingerprint density at radius 1 is 1.38 bits per heavy atom. The van der Waals surface area contributed by atoms with Gasteiger partial charge in [-0.15, -0.1) is 0 Å². The van der Waals surface area contributed by atoms with Gasteiger partial charge in [0.15, 0.2) is 0 Å². The van der Waals surface area contributed by atoms with Crippen molar-refractivity contribution in [2.75, 3.05) is 26.2 Å². The summed E-state index contributed by atoms with van der Waals surface area (Å²) >= 11 is 0. The molecule has 0 aromatic heterocycles. The molecule has 0 aromatic rings. The average molecular weight is 322 g/mol. The van der Waals surface area contributed by atoms with Gasteiger partial charge >= 0.3 is 5.97 Å². The van der Waals surface area contributed by atoms with Gasteiger partial charge < -0.3 is 9.84 Å². The third-order valence-electron chi connectivity index (χ3n) is 3.66. The molecular formula is C13H26N2O5S. The highest BCUT2D eigenvalue weighted by Gasteiger charge is 2.31. The molecule has 1 aliphatic rings. The zero-order chi connectivity index (χ0) is 16.0. The number of hydrogen-bond acceptors (Lipinski definition) is 5. The minimum Gasteiger partial charge on any atom is -0.466 e. The summed E-state index contributed by atoms with van der Waals surface area (Å²) in [4.78, 5) is 11.6. The van der Waals surface area contributed by atoms with Gasteiger partial charge in [0.1, 0.15) is 0 Å². The molecule has 0 saturated carbocycles. The molecule has 2 N–H and O–H groups in total. The molecular weight excluding hydrogens is 296 g/mol. The first-order chi connectivity index (χ1) is 9.77. The minimum absolute atomic E-state index is 0.00218. The fourth-order valence-corrected chi connectivity index (χ4v) is 3.37. The Morgan fingerprint density at radius 2 is 1.95 bits per heavy atom. The first-order valence-corrected chi connectivity index (χ1v) is 8.81. The van der Waals surface area contributed by atoms with Gasteiger partial charge in [0.05, 0.1) is 18.6 Å². The van der Waals surface area contributed by atoms with Crippen molar-refractivity contribution in [2.24, 2.45) is 11.8 Å². The molecule has 0 radical (unpaired) electrons. The smallest absolute Gasteiger partial charge is 0.309 e. The fraction of sp³-hybridized carbons (Fsp3) is 0.923. The lowest BCUT2D eigenvalue weighted by atomic mass is 9.98. The quantitative estimate of drug-likeness (QED) is 0.649. The Hall–Kier alpha value is -0.700. The molecule has 1 heterocycles. The van der Waals surface area contributed by atoms with E-state index in [9.17, 15) is 18.3 Å². The molecule has 1 atom stereocenters. The van der Waals surface area contributed by atoms with Gasteiger partial charge in [0.25, 0.3) is 10.2 Å². The second-order valence-electron chi connectivity index (χ2n) is 5.59. The van der Waals surface area contributed by atoms with E-state index in [0.717, 1.165) is 0 Å². The number of nitrogens with zero attached hydrogens (tertiary/aromatic N) is 1. The van der Waals surface area contributed by atoms with E-state index in [1.807, 2.05) is 13.8 Å². The van der Waals surface area contributed by atoms with Gasteiger partial charge in [-0.2, -0.15) is 17.4 Å². The van der Waals surface area contributed by atoms with Crippen molar-refractivity contribution in [2.45, 2.75) is 39.7 Å². The number of aliphatic hydroxyl groups excluding tert-OH is 1. The van der Waals surface area contributed by atoms with Crippen LogP contribution in [0.4, 0.5) is 0 Å². The van der Waals surface area contributed by atoms with E-state index in [2.05, 4.69) is 4.72 Å². The lowest BCUT2D eigenvalue weighted by molar-refractivity contribution is -0.149. The predicted molar refractivity (Wildman–Crippen MR) is 78.7 cm³/mol. The third kappa shape index (κ3) is 5.54. The Balaban J connectivity index is 2.47. The van der Waals surface area contributed by atoms with Crippen molar-refractivity contribution < 1.29 is 23.1 Å². The maximum Gasteiger partial charge on any atom is 0.309 e. The van der Waals surface area contributed by atoms with Crippen LogP contribution in [0.1, 0.15) is 33.6 Å². The Morgan fingerprint density at radius 3 is 2.43 bits per heavy atom. The predicted octanol–water partition coefficient (Wildman–Crippen LogP) is 0.113. The van der Waals surface area contributed by atoms with Crippen LogP contribution in [0.15, 0.2) is 0 Å². The van der Waals surface area contributed by atoms with Crippen LogP contribution < -0.4 is 4.72 Å². The number of hydrogen-bond donors (Lipinski definition) is 2. The summed E-state index contributed by atoms with van der Waals surface area (Å²) in [6, 6.07) is 0. The van der Waals surface area contributed by atoms with Crippen molar-refractivity contribution in [3.8, 4) is 0 Å². The van der Waals surface area contributed by atoms with Crippen LogP contribution >= 0.6 is 0 Å². The molecule has 0 bridgehead atoms. The second kappa shape index (κ2) is 8.07. The van der Waals surface area contributed by atoms with Crippen LogP contribution in [-0.2, 0) is 19.7 Å². The SMILES string of the molecule is CCOC(=O)C1CCN(S(=O)(=O)NCC(O)C(C)C)CC1. The highest BCUT2D eigenvalue weighted by molar-refractivity contribution is 7.87. The van der Waals surface area contributed by atoms with Gasteiger partial charge in [-0.25, -0.2) is 0 Å². The summed E-state index contributed by atoms with van der Waals surface area (Å²) in [5.41, 5.74) is 0. The number of carbonyl (C=O) groups is 1. The molecule has 1 rings (SSSR count). The van der Waals surface area contributed by atoms with E-state index >= 15 is 0 Å². The zero-order valence-electron chi connectivity index (χ0n) is 12.9. The molecule has 0 aliphatic carbocycles. The minimum atomic E-state index is -3.60.